The molecule has 0 saturated carbocycles. The van der Waals surface area contributed by atoms with Crippen LogP contribution in [0.15, 0.2) is 16.8 Å². The molecule has 0 radical (unpaired) electrons. The van der Waals surface area contributed by atoms with Crippen molar-refractivity contribution in [3.8, 4) is 0 Å². The monoisotopic (exact) mass is 270 g/mol. The van der Waals surface area contributed by atoms with Crippen LogP contribution in [0.3, 0.4) is 0 Å². The molecule has 0 fully saturated rings. The van der Waals surface area contributed by atoms with E-state index in [2.05, 4.69) is 16.8 Å². The maximum absolute atomic E-state index is 5.52. The van der Waals surface area contributed by atoms with E-state index in [0.29, 0.717) is 0 Å². The van der Waals surface area contributed by atoms with Gasteiger partial charge in [0.25, 0.3) is 0 Å². The molecule has 82 valence electrons. The number of hydrogen-bond acceptors (Lipinski definition) is 3. The molecule has 0 aromatic carbocycles. The summed E-state index contributed by atoms with van der Waals surface area (Å²) in [5.74, 6) is 0.102. The van der Waals surface area contributed by atoms with Crippen molar-refractivity contribution < 1.29 is 9.47 Å². The Morgan fingerprint density at radius 1 is 1.33 bits per heavy atom. The van der Waals surface area contributed by atoms with Crippen molar-refractivity contribution in [1.82, 2.24) is 0 Å². The summed E-state index contributed by atoms with van der Waals surface area (Å²) in [5.41, 5.74) is 1.44. The van der Waals surface area contributed by atoms with E-state index in [4.69, 9.17) is 9.47 Å². The Hall–Kier alpha value is 1.47. The maximum atomic E-state index is 5.52. The van der Waals surface area contributed by atoms with Gasteiger partial charge in [-0.2, -0.15) is 11.3 Å². The second kappa shape index (κ2) is 10.6. The van der Waals surface area contributed by atoms with Crippen LogP contribution in [0.4, 0.5) is 0 Å². The summed E-state index contributed by atoms with van der Waals surface area (Å²) < 4.78 is 11.0. The number of thiophene rings is 1. The molecule has 0 atom stereocenters. The topological polar surface area (TPSA) is 18.5 Å². The second-order valence-corrected chi connectivity index (χ2v) is 5.53. The summed E-state index contributed by atoms with van der Waals surface area (Å²) in [6.07, 6.45) is 0. The van der Waals surface area contributed by atoms with Crippen molar-refractivity contribution in [3.05, 3.63) is 22.4 Å². The van der Waals surface area contributed by atoms with Crippen LogP contribution in [0.1, 0.15) is 19.4 Å². The van der Waals surface area contributed by atoms with Crippen molar-refractivity contribution in [1.29, 1.82) is 0 Å². The molecule has 0 N–H and O–H groups in total. The average molecular weight is 271 g/mol. The van der Waals surface area contributed by atoms with E-state index in [1.165, 1.54) is 11.6 Å². The van der Waals surface area contributed by atoms with E-state index in [9.17, 15) is 0 Å². The third-order valence-corrected chi connectivity index (χ3v) is 4.49. The molecule has 0 spiro atoms. The van der Waals surface area contributed by atoms with Gasteiger partial charge in [-0.3, -0.25) is 0 Å². The van der Waals surface area contributed by atoms with E-state index < -0.39 is 0 Å². The molecule has 0 aliphatic rings. The molecule has 5 heteroatoms. The van der Waals surface area contributed by atoms with E-state index in [0.717, 1.165) is 13.2 Å². The molecule has 0 aliphatic heterocycles. The Labute approximate surface area is 141 Å². The van der Waals surface area contributed by atoms with Gasteiger partial charge < -0.3 is 9.47 Å². The summed E-state index contributed by atoms with van der Waals surface area (Å²) in [4.78, 5) is 0. The van der Waals surface area contributed by atoms with Crippen LogP contribution in [0.5, 0.6) is 0 Å². The molecule has 1 heterocycles. The molecule has 15 heavy (non-hydrogen) atoms. The van der Waals surface area contributed by atoms with Gasteiger partial charge in [-0.15, -0.1) is 0 Å². The fraction of sp³-hybridized carbons (Fsp3) is 0.600. The Kier molecular flexibility index (Phi) is 11.7. The van der Waals surface area contributed by atoms with Gasteiger partial charge in [0.2, 0.25) is 0 Å². The van der Waals surface area contributed by atoms with E-state index >= 15 is 0 Å². The van der Waals surface area contributed by atoms with Gasteiger partial charge in [0.15, 0.2) is 0 Å². The Bertz CT molecular complexity index is 225. The van der Waals surface area contributed by atoms with Crippen LogP contribution in [0, 0.1) is 0 Å². The molecular weight excluding hydrogens is 251 g/mol. The van der Waals surface area contributed by atoms with Crippen LogP contribution in [0.2, 0.25) is 0 Å². The molecule has 0 unspecified atom stereocenters. The summed E-state index contributed by atoms with van der Waals surface area (Å²) in [7, 11) is -0.303. The first-order valence-electron chi connectivity index (χ1n) is 5.11. The number of ether oxygens (including phenoxy) is 2. The minimum atomic E-state index is -0.303. The van der Waals surface area contributed by atoms with Crippen molar-refractivity contribution in [2.24, 2.45) is 0 Å². The third kappa shape index (κ3) is 7.41. The molecule has 1 rings (SSSR count). The molecule has 0 aliphatic carbocycles. The van der Waals surface area contributed by atoms with Gasteiger partial charge in [0, 0.05) is 13.2 Å². The van der Waals surface area contributed by atoms with E-state index in [1.54, 1.807) is 11.3 Å². The first-order valence-corrected chi connectivity index (χ1v) is 7.87. The first kappa shape index (κ1) is 16.5. The number of rotatable bonds is 7. The fourth-order valence-corrected chi connectivity index (χ4v) is 3.90. The quantitative estimate of drug-likeness (QED) is 0.546. The first-order chi connectivity index (χ1) is 6.86. The number of hydrogen-bond donors (Lipinski definition) is 0. The van der Waals surface area contributed by atoms with Crippen molar-refractivity contribution >= 4 is 72.2 Å². The van der Waals surface area contributed by atoms with Crippen LogP contribution in [0.25, 0.3) is 0 Å². The molecule has 0 bridgehead atoms. The standard InChI is InChI=1S/C10H18O2SSi.K.H/c1-3-11-10(12-4-2)14-8-9-5-6-13-7-9;;/h5-7,10H,3-4,8,14H2,1-2H3;;. The Morgan fingerprint density at radius 2 is 2.00 bits per heavy atom. The molecule has 0 amide bonds. The average Bonchev–Trinajstić information content (AvgIpc) is 2.67. The Morgan fingerprint density at radius 3 is 2.47 bits per heavy atom. The zero-order valence-corrected chi connectivity index (χ0v) is 11.1. The van der Waals surface area contributed by atoms with E-state index in [-0.39, 0.29) is 66.8 Å². The summed E-state index contributed by atoms with van der Waals surface area (Å²) >= 11 is 1.76. The van der Waals surface area contributed by atoms with Crippen LogP contribution in [-0.4, -0.2) is 80.0 Å². The summed E-state index contributed by atoms with van der Waals surface area (Å²) in [5, 5.41) is 4.34. The van der Waals surface area contributed by atoms with Crippen molar-refractivity contribution in [3.63, 3.8) is 0 Å². The van der Waals surface area contributed by atoms with Gasteiger partial charge in [0.05, 0.1) is 9.52 Å². The zero-order chi connectivity index (χ0) is 10.2. The van der Waals surface area contributed by atoms with Gasteiger partial charge in [-0.1, -0.05) is 0 Å². The zero-order valence-electron chi connectivity index (χ0n) is 8.86. The van der Waals surface area contributed by atoms with Crippen molar-refractivity contribution in [2.45, 2.75) is 25.8 Å². The molecule has 1 aromatic heterocycles. The molecule has 1 aromatic rings. The Balaban J connectivity index is 0.00000196. The normalized spacial score (nSPS) is 11.1. The second-order valence-electron chi connectivity index (χ2n) is 3.01. The SMILES string of the molecule is CCOC(OCC)[SiH2]Cc1ccsc1.[KH]. The van der Waals surface area contributed by atoms with Crippen LogP contribution < -0.4 is 0 Å². The van der Waals surface area contributed by atoms with Crippen molar-refractivity contribution in [2.75, 3.05) is 13.2 Å². The predicted molar refractivity (Wildman–Crippen MR) is 70.8 cm³/mol. The summed E-state index contributed by atoms with van der Waals surface area (Å²) in [6.45, 7) is 5.54. The predicted octanol–water partition coefficient (Wildman–Crippen LogP) is 1.12. The third-order valence-electron chi connectivity index (χ3n) is 1.95. The molecular formula is C10H19KO2SSi. The van der Waals surface area contributed by atoms with Gasteiger partial charge >= 0.3 is 51.4 Å². The fourth-order valence-electron chi connectivity index (χ4n) is 1.31. The van der Waals surface area contributed by atoms with Gasteiger partial charge in [-0.25, -0.2) is 0 Å². The minimum absolute atomic E-state index is 0. The van der Waals surface area contributed by atoms with Gasteiger partial charge in [-0.05, 0) is 42.3 Å². The van der Waals surface area contributed by atoms with Crippen LogP contribution in [-0.2, 0) is 15.5 Å². The molecule has 0 saturated heterocycles. The van der Waals surface area contributed by atoms with Crippen LogP contribution >= 0.6 is 11.3 Å². The molecule has 2 nitrogen and oxygen atoms in total. The van der Waals surface area contributed by atoms with E-state index in [1.807, 2.05) is 13.8 Å². The summed E-state index contributed by atoms with van der Waals surface area (Å²) in [6, 6.07) is 3.36. The van der Waals surface area contributed by atoms with Gasteiger partial charge in [0.1, 0.15) is 5.91 Å².